The van der Waals surface area contributed by atoms with E-state index in [2.05, 4.69) is 153 Å². The Morgan fingerprint density at radius 2 is 1.20 bits per heavy atom. The van der Waals surface area contributed by atoms with Gasteiger partial charge >= 0.3 is 0 Å². The van der Waals surface area contributed by atoms with Crippen molar-refractivity contribution in [2.24, 2.45) is 0 Å². The molecular formula is C44H46. The van der Waals surface area contributed by atoms with Gasteiger partial charge in [-0.2, -0.15) is 0 Å². The molecule has 0 nitrogen and oxygen atoms in total. The topological polar surface area (TPSA) is 0 Å². The predicted molar refractivity (Wildman–Crippen MR) is 197 cm³/mol. The molecule has 0 fully saturated rings. The molecule has 1 aliphatic carbocycles. The fourth-order valence-corrected chi connectivity index (χ4v) is 5.11. The molecule has 5 rings (SSSR count). The van der Waals surface area contributed by atoms with Crippen LogP contribution in [0.1, 0.15) is 68.4 Å². The SMILES string of the molecule is C=C/C=C(C=C)/C(=C/C1=CC(c2cccc(C=C(c3ccccc3)c3ccccc3)c2)=CCC1)c1ccccc1.CC.CC. The molecular weight excluding hydrogens is 528 g/mol. The number of hydrogen-bond donors (Lipinski definition) is 0. The molecule has 0 aromatic heterocycles. The van der Waals surface area contributed by atoms with E-state index in [0.717, 1.165) is 24.0 Å². The summed E-state index contributed by atoms with van der Waals surface area (Å²) in [6, 6.07) is 40.6. The second-order valence-corrected chi connectivity index (χ2v) is 9.82. The Morgan fingerprint density at radius 3 is 1.75 bits per heavy atom. The van der Waals surface area contributed by atoms with Crippen molar-refractivity contribution in [3.63, 3.8) is 0 Å². The molecule has 44 heavy (non-hydrogen) atoms. The van der Waals surface area contributed by atoms with Gasteiger partial charge in [0.05, 0.1) is 0 Å². The van der Waals surface area contributed by atoms with Gasteiger partial charge in [-0.25, -0.2) is 0 Å². The van der Waals surface area contributed by atoms with Crippen LogP contribution in [0.4, 0.5) is 0 Å². The lowest BCUT2D eigenvalue weighted by atomic mass is 9.89. The number of hydrogen-bond acceptors (Lipinski definition) is 0. The maximum atomic E-state index is 4.07. The van der Waals surface area contributed by atoms with Crippen molar-refractivity contribution in [1.29, 1.82) is 0 Å². The van der Waals surface area contributed by atoms with Gasteiger partial charge in [-0.3, -0.25) is 0 Å². The molecule has 0 saturated carbocycles. The zero-order chi connectivity index (χ0) is 31.6. The van der Waals surface area contributed by atoms with Crippen LogP contribution in [0.25, 0.3) is 22.8 Å². The van der Waals surface area contributed by atoms with Crippen LogP contribution in [0.5, 0.6) is 0 Å². The molecule has 0 saturated heterocycles. The summed E-state index contributed by atoms with van der Waals surface area (Å²) in [4.78, 5) is 0. The predicted octanol–water partition coefficient (Wildman–Crippen LogP) is 12.8. The summed E-state index contributed by atoms with van der Waals surface area (Å²) in [5.41, 5.74) is 12.0. The first-order valence-corrected chi connectivity index (χ1v) is 15.8. The van der Waals surface area contributed by atoms with Crippen LogP contribution in [0.2, 0.25) is 0 Å². The summed E-state index contributed by atoms with van der Waals surface area (Å²) in [6.07, 6.45) is 17.1. The molecule has 0 heterocycles. The lowest BCUT2D eigenvalue weighted by Gasteiger charge is -2.16. The van der Waals surface area contributed by atoms with Crippen LogP contribution in [-0.4, -0.2) is 0 Å². The standard InChI is InChI=1S/C40H34.2C2H6/c1-3-16-33(4-2)39(34-19-8-5-9-20-34)29-31-17-14-25-37(27-31)38-26-15-18-32(28-38)30-40(35-21-10-6-11-22-35)36-23-12-7-13-24-36;2*1-2/h3-13,15-16,18-30H,1-2,14,17H2;2*1-2H3/b33-16+,39-29-;;. The lowest BCUT2D eigenvalue weighted by Crippen LogP contribution is -1.95. The van der Waals surface area contributed by atoms with Crippen molar-refractivity contribution in [3.8, 4) is 0 Å². The average molecular weight is 575 g/mol. The molecule has 0 amide bonds. The molecule has 4 aromatic rings. The molecule has 0 radical (unpaired) electrons. The van der Waals surface area contributed by atoms with Gasteiger partial charge in [0.2, 0.25) is 0 Å². The third-order valence-corrected chi connectivity index (χ3v) is 7.08. The molecule has 1 aliphatic rings. The monoisotopic (exact) mass is 574 g/mol. The number of benzene rings is 4. The Bertz CT molecular complexity index is 1580. The minimum absolute atomic E-state index is 1.00. The van der Waals surface area contributed by atoms with Gasteiger partial charge in [-0.15, -0.1) is 0 Å². The second-order valence-electron chi connectivity index (χ2n) is 9.82. The van der Waals surface area contributed by atoms with Gasteiger partial charge in [0.25, 0.3) is 0 Å². The highest BCUT2D eigenvalue weighted by molar-refractivity contribution is 5.92. The molecule has 0 N–H and O–H groups in total. The van der Waals surface area contributed by atoms with Crippen LogP contribution >= 0.6 is 0 Å². The van der Waals surface area contributed by atoms with E-state index in [1.807, 2.05) is 45.9 Å². The summed E-state index contributed by atoms with van der Waals surface area (Å²) in [5.74, 6) is 0. The quantitative estimate of drug-likeness (QED) is 0.138. The Hall–Kier alpha value is -4.94. The zero-order valence-electron chi connectivity index (χ0n) is 26.8. The van der Waals surface area contributed by atoms with Crippen LogP contribution < -0.4 is 0 Å². The molecule has 0 atom stereocenters. The van der Waals surface area contributed by atoms with E-state index in [-0.39, 0.29) is 0 Å². The van der Waals surface area contributed by atoms with Gasteiger partial charge in [0.1, 0.15) is 0 Å². The maximum Gasteiger partial charge on any atom is -0.0105 e. The normalized spacial score (nSPS) is 12.6. The first-order chi connectivity index (χ1) is 21.7. The molecule has 0 heteroatoms. The smallest absolute Gasteiger partial charge is 0.0105 e. The Labute approximate surface area is 266 Å². The fraction of sp³-hybridized carbons (Fsp3) is 0.136. The van der Waals surface area contributed by atoms with Crippen LogP contribution in [0.3, 0.4) is 0 Å². The Balaban J connectivity index is 0.00000127. The largest absolute Gasteiger partial charge is 0.0990 e. The minimum atomic E-state index is 1.00. The molecule has 0 bridgehead atoms. The second kappa shape index (κ2) is 18.6. The summed E-state index contributed by atoms with van der Waals surface area (Å²) >= 11 is 0. The van der Waals surface area contributed by atoms with E-state index in [1.54, 1.807) is 0 Å². The third kappa shape index (κ3) is 9.28. The van der Waals surface area contributed by atoms with Gasteiger partial charge in [-0.1, -0.05) is 187 Å². The Morgan fingerprint density at radius 1 is 0.636 bits per heavy atom. The summed E-state index contributed by atoms with van der Waals surface area (Å²) in [7, 11) is 0. The van der Waals surface area contributed by atoms with Crippen molar-refractivity contribution in [2.75, 3.05) is 0 Å². The molecule has 4 aromatic carbocycles. The molecule has 222 valence electrons. The number of rotatable bonds is 9. The number of allylic oxidation sites excluding steroid dienone is 10. The van der Waals surface area contributed by atoms with E-state index in [9.17, 15) is 0 Å². The van der Waals surface area contributed by atoms with Gasteiger partial charge in [-0.05, 0) is 80.7 Å². The summed E-state index contributed by atoms with van der Waals surface area (Å²) in [6.45, 7) is 16.0. The fourth-order valence-electron chi connectivity index (χ4n) is 5.11. The van der Waals surface area contributed by atoms with Crippen LogP contribution in [0.15, 0.2) is 176 Å². The van der Waals surface area contributed by atoms with Crippen LogP contribution in [0, 0.1) is 0 Å². The first kappa shape index (κ1) is 33.6. The van der Waals surface area contributed by atoms with Crippen molar-refractivity contribution in [3.05, 3.63) is 204 Å². The zero-order valence-corrected chi connectivity index (χ0v) is 26.8. The van der Waals surface area contributed by atoms with Crippen molar-refractivity contribution >= 4 is 22.8 Å². The van der Waals surface area contributed by atoms with Crippen molar-refractivity contribution in [2.45, 2.75) is 40.5 Å². The summed E-state index contributed by atoms with van der Waals surface area (Å²) in [5, 5.41) is 0. The minimum Gasteiger partial charge on any atom is -0.0990 e. The highest BCUT2D eigenvalue weighted by Gasteiger charge is 2.11. The highest BCUT2D eigenvalue weighted by atomic mass is 14.2. The van der Waals surface area contributed by atoms with E-state index in [0.29, 0.717) is 0 Å². The van der Waals surface area contributed by atoms with E-state index >= 15 is 0 Å². The van der Waals surface area contributed by atoms with Gasteiger partial charge < -0.3 is 0 Å². The molecule has 0 unspecified atom stereocenters. The van der Waals surface area contributed by atoms with E-state index in [1.165, 1.54) is 44.5 Å². The van der Waals surface area contributed by atoms with E-state index < -0.39 is 0 Å². The Kier molecular flexibility index (Phi) is 14.2. The third-order valence-electron chi connectivity index (χ3n) is 7.08. The highest BCUT2D eigenvalue weighted by Crippen LogP contribution is 2.32. The molecule has 0 aliphatic heterocycles. The van der Waals surface area contributed by atoms with Gasteiger partial charge in [0, 0.05) is 0 Å². The van der Waals surface area contributed by atoms with Crippen molar-refractivity contribution in [1.82, 2.24) is 0 Å². The van der Waals surface area contributed by atoms with Gasteiger partial charge in [0.15, 0.2) is 0 Å². The summed E-state index contributed by atoms with van der Waals surface area (Å²) < 4.78 is 0. The van der Waals surface area contributed by atoms with Crippen LogP contribution in [-0.2, 0) is 0 Å². The van der Waals surface area contributed by atoms with Crippen molar-refractivity contribution < 1.29 is 0 Å². The van der Waals surface area contributed by atoms with E-state index in [4.69, 9.17) is 0 Å². The average Bonchev–Trinajstić information content (AvgIpc) is 3.12. The first-order valence-electron chi connectivity index (χ1n) is 15.8. The maximum absolute atomic E-state index is 4.07. The lowest BCUT2D eigenvalue weighted by molar-refractivity contribution is 0.995. The molecule has 0 spiro atoms.